The molecule has 0 aliphatic carbocycles. The SMILES string of the molecule is CC(c1ccccc1)(c1ccc(OCC(CSCC2SCCS2)OC(=O)/C=C\C(=O)O)cc1)c1ccc(OCC(CSCC2SCCS2)OC(=O)/C=C\C(=O)O)cc1. The Labute approximate surface area is 364 Å². The second-order valence-corrected chi connectivity index (χ2v) is 21.0. The topological polar surface area (TPSA) is 146 Å². The van der Waals surface area contributed by atoms with Gasteiger partial charge in [-0.2, -0.15) is 23.5 Å². The van der Waals surface area contributed by atoms with E-state index in [4.69, 9.17) is 29.2 Å². The first-order valence-corrected chi connectivity index (χ1v) is 25.0. The molecule has 0 radical (unpaired) electrons. The maximum absolute atomic E-state index is 12.4. The van der Waals surface area contributed by atoms with Crippen molar-refractivity contribution in [2.75, 3.05) is 59.2 Å². The Balaban J connectivity index is 1.25. The monoisotopic (exact) mass is 902 g/mol. The van der Waals surface area contributed by atoms with Crippen molar-refractivity contribution < 1.29 is 48.3 Å². The third-order valence-electron chi connectivity index (χ3n) is 8.87. The summed E-state index contributed by atoms with van der Waals surface area (Å²) < 4.78 is 24.4. The van der Waals surface area contributed by atoms with Gasteiger partial charge in [0.25, 0.3) is 0 Å². The summed E-state index contributed by atoms with van der Waals surface area (Å²) >= 11 is 11.1. The van der Waals surface area contributed by atoms with Gasteiger partial charge in [-0.3, -0.25) is 0 Å². The van der Waals surface area contributed by atoms with Gasteiger partial charge in [-0.25, -0.2) is 19.2 Å². The van der Waals surface area contributed by atoms with E-state index in [-0.39, 0.29) is 13.2 Å². The van der Waals surface area contributed by atoms with Gasteiger partial charge in [0.05, 0.1) is 9.16 Å². The van der Waals surface area contributed by atoms with Crippen molar-refractivity contribution in [2.24, 2.45) is 0 Å². The van der Waals surface area contributed by atoms with E-state index in [1.165, 1.54) is 0 Å². The number of aliphatic carboxylic acids is 2. The lowest BCUT2D eigenvalue weighted by Gasteiger charge is -2.32. The van der Waals surface area contributed by atoms with Gasteiger partial charge < -0.3 is 29.2 Å². The van der Waals surface area contributed by atoms with E-state index in [2.05, 4.69) is 19.1 Å². The van der Waals surface area contributed by atoms with E-state index in [1.54, 1.807) is 23.5 Å². The summed E-state index contributed by atoms with van der Waals surface area (Å²) in [6.45, 7) is 2.38. The third-order valence-corrected chi connectivity index (χ3v) is 18.1. The van der Waals surface area contributed by atoms with Crippen LogP contribution in [0.2, 0.25) is 0 Å². The maximum Gasteiger partial charge on any atom is 0.331 e. The van der Waals surface area contributed by atoms with E-state index in [0.29, 0.717) is 32.2 Å². The van der Waals surface area contributed by atoms with Crippen molar-refractivity contribution in [1.29, 1.82) is 0 Å². The summed E-state index contributed by atoms with van der Waals surface area (Å²) in [4.78, 5) is 46.6. The minimum Gasteiger partial charge on any atom is -0.490 e. The predicted molar refractivity (Wildman–Crippen MR) is 241 cm³/mol. The standard InChI is InChI=1S/C42H46O10S6/c1-42(29-5-3-2-4-6-29,30-7-11-32(12-8-30)49-23-34(51-38(47)17-15-36(43)44)25-53-27-40-55-19-20-56-40)31-9-13-33(14-10-31)50-24-35(52-39(48)18-16-37(45)46)26-54-28-41-57-21-22-58-41/h2-18,34-35,40-41H,19-28H2,1H3,(H,43,44)(H,45,46)/b17-15-,18-16-. The van der Waals surface area contributed by atoms with E-state index >= 15 is 0 Å². The minimum absolute atomic E-state index is 0.109. The zero-order chi connectivity index (χ0) is 41.2. The van der Waals surface area contributed by atoms with E-state index in [9.17, 15) is 19.2 Å². The third kappa shape index (κ3) is 15.1. The first-order chi connectivity index (χ1) is 28.1. The first kappa shape index (κ1) is 45.8. The number of esters is 2. The number of carbonyl (C=O) groups is 4. The Morgan fingerprint density at radius 2 is 1.00 bits per heavy atom. The normalized spacial score (nSPS) is 16.8. The second kappa shape index (κ2) is 24.1. The van der Waals surface area contributed by atoms with Crippen LogP contribution in [0.4, 0.5) is 0 Å². The molecule has 3 aromatic rings. The lowest BCUT2D eigenvalue weighted by Crippen LogP contribution is -2.28. The Hall–Kier alpha value is -3.28. The molecule has 2 N–H and O–H groups in total. The van der Waals surface area contributed by atoms with Gasteiger partial charge in [0.15, 0.2) is 0 Å². The first-order valence-electron chi connectivity index (χ1n) is 18.5. The smallest absolute Gasteiger partial charge is 0.331 e. The summed E-state index contributed by atoms with van der Waals surface area (Å²) in [5.41, 5.74) is 2.54. The van der Waals surface area contributed by atoms with Crippen LogP contribution in [0, 0.1) is 0 Å². The molecule has 0 aromatic heterocycles. The van der Waals surface area contributed by atoms with Crippen LogP contribution >= 0.6 is 70.6 Å². The molecule has 2 aliphatic rings. The van der Waals surface area contributed by atoms with Crippen molar-refractivity contribution in [1.82, 2.24) is 0 Å². The van der Waals surface area contributed by atoms with Crippen molar-refractivity contribution in [3.05, 3.63) is 120 Å². The number of benzene rings is 3. The van der Waals surface area contributed by atoms with Crippen molar-refractivity contribution in [3.8, 4) is 11.5 Å². The van der Waals surface area contributed by atoms with Gasteiger partial charge in [0.2, 0.25) is 0 Å². The summed E-state index contributed by atoms with van der Waals surface area (Å²) in [7, 11) is 0. The number of thioether (sulfide) groups is 6. The molecule has 58 heavy (non-hydrogen) atoms. The minimum atomic E-state index is -1.22. The van der Waals surface area contributed by atoms with E-state index in [0.717, 1.165) is 75.5 Å². The summed E-state index contributed by atoms with van der Waals surface area (Å²) in [5, 5.41) is 17.9. The Morgan fingerprint density at radius 3 is 1.38 bits per heavy atom. The molecule has 2 aliphatic heterocycles. The van der Waals surface area contributed by atoms with Gasteiger partial charge in [-0.15, -0.1) is 47.0 Å². The number of carboxylic acids is 2. The molecule has 2 saturated heterocycles. The molecule has 2 unspecified atom stereocenters. The number of rotatable bonds is 23. The van der Waals surface area contributed by atoms with Crippen LogP contribution in [-0.4, -0.2) is 115 Å². The van der Waals surface area contributed by atoms with Gasteiger partial charge in [0, 0.05) is 75.7 Å². The van der Waals surface area contributed by atoms with Gasteiger partial charge >= 0.3 is 23.9 Å². The lowest BCUT2D eigenvalue weighted by molar-refractivity contribution is -0.144. The van der Waals surface area contributed by atoms with Crippen molar-refractivity contribution >= 4 is 94.4 Å². The summed E-state index contributed by atoms with van der Waals surface area (Å²) in [6, 6.07) is 25.8. The zero-order valence-corrected chi connectivity index (χ0v) is 36.7. The van der Waals surface area contributed by atoms with Crippen LogP contribution in [0.15, 0.2) is 103 Å². The fraction of sp³-hybridized carbons (Fsp3) is 0.381. The summed E-state index contributed by atoms with van der Waals surface area (Å²) in [6.07, 6.45) is 2.20. The number of carbonyl (C=O) groups excluding carboxylic acids is 2. The molecule has 2 heterocycles. The molecule has 2 atom stereocenters. The van der Waals surface area contributed by atoms with Gasteiger partial charge in [-0.1, -0.05) is 54.6 Å². The molecule has 5 rings (SSSR count). The molecule has 0 bridgehead atoms. The van der Waals surface area contributed by atoms with Crippen LogP contribution in [0.25, 0.3) is 0 Å². The molecule has 10 nitrogen and oxygen atoms in total. The zero-order valence-electron chi connectivity index (χ0n) is 31.8. The molecule has 2 fully saturated rings. The van der Waals surface area contributed by atoms with Crippen LogP contribution in [-0.2, 0) is 34.1 Å². The Bertz CT molecular complexity index is 1720. The van der Waals surface area contributed by atoms with Crippen molar-refractivity contribution in [2.45, 2.75) is 33.7 Å². The number of carboxylic acid groups (broad SMARTS) is 2. The molecule has 310 valence electrons. The highest BCUT2D eigenvalue weighted by Gasteiger charge is 2.31. The van der Waals surface area contributed by atoms with Crippen LogP contribution in [0.3, 0.4) is 0 Å². The molecule has 0 saturated carbocycles. The highest BCUT2D eigenvalue weighted by Crippen LogP contribution is 2.40. The lowest BCUT2D eigenvalue weighted by atomic mass is 9.71. The molecular weight excluding hydrogens is 857 g/mol. The fourth-order valence-electron chi connectivity index (χ4n) is 5.94. The predicted octanol–water partition coefficient (Wildman–Crippen LogP) is 7.98. The maximum atomic E-state index is 12.4. The number of ether oxygens (including phenoxy) is 4. The van der Waals surface area contributed by atoms with Gasteiger partial charge in [0.1, 0.15) is 36.9 Å². The second-order valence-electron chi connectivity index (χ2n) is 13.0. The van der Waals surface area contributed by atoms with Crippen LogP contribution in [0.5, 0.6) is 11.5 Å². The fourth-order valence-corrected chi connectivity index (χ4v) is 14.7. The van der Waals surface area contributed by atoms with Crippen molar-refractivity contribution in [3.63, 3.8) is 0 Å². The average Bonchev–Trinajstić information content (AvgIpc) is 3.96. The highest BCUT2D eigenvalue weighted by atomic mass is 32.2. The quantitative estimate of drug-likeness (QED) is 0.0538. The molecule has 16 heteroatoms. The average molecular weight is 903 g/mol. The molecule has 0 amide bonds. The largest absolute Gasteiger partial charge is 0.490 e. The van der Waals surface area contributed by atoms with Crippen LogP contribution in [0.1, 0.15) is 23.6 Å². The molecule has 3 aromatic carbocycles. The van der Waals surface area contributed by atoms with Crippen LogP contribution < -0.4 is 9.47 Å². The molecule has 0 spiro atoms. The number of hydrogen-bond acceptors (Lipinski definition) is 14. The van der Waals surface area contributed by atoms with Gasteiger partial charge in [-0.05, 0) is 47.9 Å². The Morgan fingerprint density at radius 1 is 0.621 bits per heavy atom. The molecular formula is C42H46O10S6. The number of hydrogen-bond donors (Lipinski definition) is 2. The highest BCUT2D eigenvalue weighted by molar-refractivity contribution is 8.21. The van der Waals surface area contributed by atoms with E-state index in [1.807, 2.05) is 114 Å². The Kier molecular flexibility index (Phi) is 19.0. The van der Waals surface area contributed by atoms with E-state index < -0.39 is 41.5 Å². The summed E-state index contributed by atoms with van der Waals surface area (Å²) in [5.74, 6) is 4.68.